The molecule has 0 saturated heterocycles. The molecule has 0 heterocycles. The second kappa shape index (κ2) is 6.37. The highest BCUT2D eigenvalue weighted by Gasteiger charge is 2.14. The fourth-order valence-corrected chi connectivity index (χ4v) is 1.64. The van der Waals surface area contributed by atoms with E-state index in [1.807, 2.05) is 6.92 Å². The number of hydrogen-bond donors (Lipinski definition) is 3. The first-order valence-corrected chi connectivity index (χ1v) is 5.92. The van der Waals surface area contributed by atoms with E-state index in [-0.39, 0.29) is 16.5 Å². The summed E-state index contributed by atoms with van der Waals surface area (Å²) >= 11 is 5.72. The molecule has 0 fully saturated rings. The van der Waals surface area contributed by atoms with E-state index in [0.29, 0.717) is 12.1 Å². The summed E-state index contributed by atoms with van der Waals surface area (Å²) < 4.78 is 0. The van der Waals surface area contributed by atoms with Gasteiger partial charge in [-0.25, -0.2) is 4.79 Å². The van der Waals surface area contributed by atoms with Crippen LogP contribution in [0.2, 0.25) is 5.02 Å². The number of benzene rings is 1. The summed E-state index contributed by atoms with van der Waals surface area (Å²) in [6.45, 7) is 1.93. The Kier molecular flexibility index (Phi) is 5.12. The van der Waals surface area contributed by atoms with Crippen molar-refractivity contribution in [3.05, 3.63) is 28.8 Å². The summed E-state index contributed by atoms with van der Waals surface area (Å²) in [7, 11) is 0. The molecule has 18 heavy (non-hydrogen) atoms. The topological polar surface area (TPSA) is 92.4 Å². The molecular formula is C12H15ClN2O3. The molecule has 0 saturated carbocycles. The van der Waals surface area contributed by atoms with Crippen LogP contribution in [0.3, 0.4) is 0 Å². The van der Waals surface area contributed by atoms with Crippen molar-refractivity contribution in [1.82, 2.24) is 0 Å². The molecule has 0 aliphatic carbocycles. The Morgan fingerprint density at radius 2 is 2.17 bits per heavy atom. The van der Waals surface area contributed by atoms with Gasteiger partial charge in [-0.3, -0.25) is 4.79 Å². The van der Waals surface area contributed by atoms with E-state index in [1.54, 1.807) is 0 Å². The van der Waals surface area contributed by atoms with Crippen molar-refractivity contribution >= 4 is 29.2 Å². The Bertz CT molecular complexity index is 463. The first kappa shape index (κ1) is 14.5. The van der Waals surface area contributed by atoms with E-state index in [2.05, 4.69) is 5.32 Å². The number of rotatable bonds is 5. The number of anilines is 1. The molecule has 0 spiro atoms. The smallest absolute Gasteiger partial charge is 0.337 e. The summed E-state index contributed by atoms with van der Waals surface area (Å²) in [6, 6.07) is 3.66. The molecular weight excluding hydrogens is 256 g/mol. The average molecular weight is 271 g/mol. The van der Waals surface area contributed by atoms with Crippen LogP contribution in [0.25, 0.3) is 0 Å². The second-order valence-electron chi connectivity index (χ2n) is 3.88. The maximum absolute atomic E-state index is 11.7. The Hall–Kier alpha value is -1.59. The summed E-state index contributed by atoms with van der Waals surface area (Å²) in [6.07, 6.45) is 1.38. The zero-order valence-corrected chi connectivity index (χ0v) is 10.7. The van der Waals surface area contributed by atoms with Crippen molar-refractivity contribution in [3.63, 3.8) is 0 Å². The lowest BCUT2D eigenvalue weighted by Crippen LogP contribution is -2.35. The lowest BCUT2D eigenvalue weighted by molar-refractivity contribution is -0.117. The molecule has 0 aromatic heterocycles. The lowest BCUT2D eigenvalue weighted by atomic mass is 10.1. The molecule has 1 rings (SSSR count). The minimum atomic E-state index is -1.14. The normalized spacial score (nSPS) is 11.9. The molecule has 1 aromatic rings. The van der Waals surface area contributed by atoms with Crippen molar-refractivity contribution in [3.8, 4) is 0 Å². The van der Waals surface area contributed by atoms with Crippen molar-refractivity contribution in [2.75, 3.05) is 5.32 Å². The minimum absolute atomic E-state index is 0.0569. The van der Waals surface area contributed by atoms with Crippen LogP contribution in [0.4, 0.5) is 5.69 Å². The highest BCUT2D eigenvalue weighted by molar-refractivity contribution is 6.33. The fourth-order valence-electron chi connectivity index (χ4n) is 1.44. The van der Waals surface area contributed by atoms with E-state index >= 15 is 0 Å². The van der Waals surface area contributed by atoms with Crippen molar-refractivity contribution in [1.29, 1.82) is 0 Å². The Morgan fingerprint density at radius 3 is 2.72 bits per heavy atom. The van der Waals surface area contributed by atoms with E-state index in [0.717, 1.165) is 6.42 Å². The SMILES string of the molecule is CCCC(N)C(=O)Nc1ccc(Cl)c(C(=O)O)c1. The zero-order valence-electron chi connectivity index (χ0n) is 9.94. The highest BCUT2D eigenvalue weighted by Crippen LogP contribution is 2.20. The lowest BCUT2D eigenvalue weighted by Gasteiger charge is -2.11. The van der Waals surface area contributed by atoms with Gasteiger partial charge in [0.15, 0.2) is 0 Å². The number of halogens is 1. The van der Waals surface area contributed by atoms with Gasteiger partial charge in [0.2, 0.25) is 5.91 Å². The van der Waals surface area contributed by atoms with Gasteiger partial charge in [-0.05, 0) is 24.6 Å². The number of nitrogens with two attached hydrogens (primary N) is 1. The van der Waals surface area contributed by atoms with Crippen LogP contribution >= 0.6 is 11.6 Å². The van der Waals surface area contributed by atoms with Gasteiger partial charge in [0, 0.05) is 5.69 Å². The van der Waals surface area contributed by atoms with Crippen LogP contribution in [-0.2, 0) is 4.79 Å². The molecule has 4 N–H and O–H groups in total. The molecule has 1 unspecified atom stereocenters. The van der Waals surface area contributed by atoms with Crippen molar-refractivity contribution in [2.45, 2.75) is 25.8 Å². The van der Waals surface area contributed by atoms with E-state index in [1.165, 1.54) is 18.2 Å². The molecule has 6 heteroatoms. The van der Waals surface area contributed by atoms with Crippen LogP contribution in [-0.4, -0.2) is 23.0 Å². The summed E-state index contributed by atoms with van der Waals surface area (Å²) in [5.41, 5.74) is 5.96. The van der Waals surface area contributed by atoms with Crippen LogP contribution in [0.15, 0.2) is 18.2 Å². The number of hydrogen-bond acceptors (Lipinski definition) is 3. The van der Waals surface area contributed by atoms with Gasteiger partial charge in [0.05, 0.1) is 16.6 Å². The van der Waals surface area contributed by atoms with Gasteiger partial charge in [-0.1, -0.05) is 24.9 Å². The largest absolute Gasteiger partial charge is 0.478 e. The second-order valence-corrected chi connectivity index (χ2v) is 4.29. The summed E-state index contributed by atoms with van der Waals surface area (Å²) in [4.78, 5) is 22.5. The molecule has 1 aromatic carbocycles. The van der Waals surface area contributed by atoms with Crippen molar-refractivity contribution < 1.29 is 14.7 Å². The molecule has 1 atom stereocenters. The molecule has 98 valence electrons. The molecule has 0 aliphatic rings. The fraction of sp³-hybridized carbons (Fsp3) is 0.333. The maximum atomic E-state index is 11.7. The van der Waals surface area contributed by atoms with E-state index < -0.39 is 12.0 Å². The van der Waals surface area contributed by atoms with Crippen LogP contribution < -0.4 is 11.1 Å². The predicted octanol–water partition coefficient (Wildman–Crippen LogP) is 2.10. The van der Waals surface area contributed by atoms with Gasteiger partial charge in [0.25, 0.3) is 0 Å². The minimum Gasteiger partial charge on any atom is -0.478 e. The van der Waals surface area contributed by atoms with E-state index in [4.69, 9.17) is 22.4 Å². The Morgan fingerprint density at radius 1 is 1.50 bits per heavy atom. The van der Waals surface area contributed by atoms with E-state index in [9.17, 15) is 9.59 Å². The third-order valence-corrected chi connectivity index (χ3v) is 2.73. The highest BCUT2D eigenvalue weighted by atomic mass is 35.5. The maximum Gasteiger partial charge on any atom is 0.337 e. The van der Waals surface area contributed by atoms with Gasteiger partial charge >= 0.3 is 5.97 Å². The number of carboxylic acids is 1. The number of aromatic carboxylic acids is 1. The third kappa shape index (κ3) is 3.72. The predicted molar refractivity (Wildman–Crippen MR) is 69.9 cm³/mol. The van der Waals surface area contributed by atoms with Crippen LogP contribution in [0, 0.1) is 0 Å². The molecule has 0 bridgehead atoms. The number of carbonyl (C=O) groups excluding carboxylic acids is 1. The Labute approximate surface area is 110 Å². The molecule has 5 nitrogen and oxygen atoms in total. The number of nitrogens with one attached hydrogen (secondary N) is 1. The monoisotopic (exact) mass is 270 g/mol. The number of amides is 1. The molecule has 0 aliphatic heterocycles. The number of carbonyl (C=O) groups is 2. The van der Waals surface area contributed by atoms with Crippen molar-refractivity contribution in [2.24, 2.45) is 5.73 Å². The first-order chi connectivity index (χ1) is 8.45. The average Bonchev–Trinajstić information content (AvgIpc) is 2.31. The van der Waals surface area contributed by atoms with Crippen LogP contribution in [0.1, 0.15) is 30.1 Å². The summed E-state index contributed by atoms with van der Waals surface area (Å²) in [5, 5.41) is 11.6. The van der Waals surface area contributed by atoms with Gasteiger partial charge in [-0.2, -0.15) is 0 Å². The number of carboxylic acid groups (broad SMARTS) is 1. The van der Waals surface area contributed by atoms with Gasteiger partial charge in [-0.15, -0.1) is 0 Å². The summed E-state index contributed by atoms with van der Waals surface area (Å²) in [5.74, 6) is -1.48. The van der Waals surface area contributed by atoms with Crippen LogP contribution in [0.5, 0.6) is 0 Å². The quantitative estimate of drug-likeness (QED) is 0.764. The molecule has 1 amide bonds. The molecule has 0 radical (unpaired) electrons. The van der Waals surface area contributed by atoms with Gasteiger partial charge in [0.1, 0.15) is 0 Å². The van der Waals surface area contributed by atoms with Gasteiger partial charge < -0.3 is 16.2 Å². The third-order valence-electron chi connectivity index (χ3n) is 2.40. The standard InChI is InChI=1S/C12H15ClN2O3/c1-2-3-10(14)11(16)15-7-4-5-9(13)8(6-7)12(17)18/h4-6,10H,2-3,14H2,1H3,(H,15,16)(H,17,18). The zero-order chi connectivity index (χ0) is 13.7. The first-order valence-electron chi connectivity index (χ1n) is 5.55. The Balaban J connectivity index is 2.82.